The zero-order valence-electron chi connectivity index (χ0n) is 18.7. The number of nitrogens with one attached hydrogen (secondary N) is 3. The van der Waals surface area contributed by atoms with Gasteiger partial charge in [-0.1, -0.05) is 13.0 Å². The van der Waals surface area contributed by atoms with Crippen LogP contribution < -0.4 is 16.0 Å². The SMILES string of the molecule is CC1CCC(Nc2cc(Nc3ccccn3)c3ncc(C(=O)Nc4ccnc(F)c4)n3n2)CC1. The lowest BCUT2D eigenvalue weighted by molar-refractivity contribution is 0.102. The molecule has 34 heavy (non-hydrogen) atoms. The summed E-state index contributed by atoms with van der Waals surface area (Å²) < 4.78 is 14.9. The molecule has 4 aromatic rings. The number of hydrogen-bond acceptors (Lipinski definition) is 7. The van der Waals surface area contributed by atoms with Crippen LogP contribution in [0.3, 0.4) is 0 Å². The van der Waals surface area contributed by atoms with Gasteiger partial charge in [-0.2, -0.15) is 4.39 Å². The molecule has 0 bridgehead atoms. The van der Waals surface area contributed by atoms with Crippen LogP contribution in [0.2, 0.25) is 0 Å². The van der Waals surface area contributed by atoms with Crippen molar-refractivity contribution in [1.82, 2.24) is 24.6 Å². The van der Waals surface area contributed by atoms with Crippen LogP contribution in [0, 0.1) is 11.9 Å². The molecule has 1 amide bonds. The van der Waals surface area contributed by atoms with E-state index in [1.54, 1.807) is 6.20 Å². The molecule has 4 aromatic heterocycles. The lowest BCUT2D eigenvalue weighted by atomic mass is 9.87. The van der Waals surface area contributed by atoms with Crippen molar-refractivity contribution in [2.24, 2.45) is 5.92 Å². The van der Waals surface area contributed by atoms with E-state index in [0.29, 0.717) is 34.7 Å². The molecular formula is C24H25FN8O. The van der Waals surface area contributed by atoms with E-state index >= 15 is 0 Å². The van der Waals surface area contributed by atoms with Gasteiger partial charge >= 0.3 is 0 Å². The first kappa shape index (κ1) is 21.7. The Morgan fingerprint density at radius 3 is 2.65 bits per heavy atom. The molecule has 0 radical (unpaired) electrons. The molecule has 0 aliphatic heterocycles. The summed E-state index contributed by atoms with van der Waals surface area (Å²) in [5.41, 5.74) is 1.65. The molecule has 1 fully saturated rings. The smallest absolute Gasteiger partial charge is 0.276 e. The van der Waals surface area contributed by atoms with Crippen LogP contribution in [0.5, 0.6) is 0 Å². The first-order valence-electron chi connectivity index (χ1n) is 11.3. The molecule has 0 aromatic carbocycles. The first-order valence-corrected chi connectivity index (χ1v) is 11.3. The molecule has 10 heteroatoms. The lowest BCUT2D eigenvalue weighted by Gasteiger charge is -2.27. The summed E-state index contributed by atoms with van der Waals surface area (Å²) in [7, 11) is 0. The van der Waals surface area contributed by atoms with Crippen molar-refractivity contribution in [3.8, 4) is 0 Å². The molecule has 1 aliphatic carbocycles. The fraction of sp³-hybridized carbons (Fsp3) is 0.292. The van der Waals surface area contributed by atoms with Gasteiger partial charge in [-0.25, -0.2) is 19.5 Å². The highest BCUT2D eigenvalue weighted by Crippen LogP contribution is 2.28. The maximum absolute atomic E-state index is 13.5. The molecule has 1 saturated carbocycles. The Kier molecular flexibility index (Phi) is 6.03. The van der Waals surface area contributed by atoms with Crippen molar-refractivity contribution in [2.75, 3.05) is 16.0 Å². The number of pyridine rings is 2. The van der Waals surface area contributed by atoms with Gasteiger partial charge in [-0.05, 0) is 49.8 Å². The topological polar surface area (TPSA) is 109 Å². The van der Waals surface area contributed by atoms with Crippen LogP contribution in [0.4, 0.5) is 27.4 Å². The van der Waals surface area contributed by atoms with Gasteiger partial charge in [0.2, 0.25) is 5.95 Å². The number of imidazole rings is 1. The van der Waals surface area contributed by atoms with Gasteiger partial charge in [0.05, 0.1) is 11.9 Å². The van der Waals surface area contributed by atoms with E-state index in [1.165, 1.54) is 35.8 Å². The molecule has 5 rings (SSSR count). The number of nitrogens with zero attached hydrogens (tertiary/aromatic N) is 5. The molecule has 0 spiro atoms. The second-order valence-electron chi connectivity index (χ2n) is 8.58. The minimum absolute atomic E-state index is 0.220. The molecule has 0 atom stereocenters. The number of amides is 1. The first-order chi connectivity index (χ1) is 16.5. The maximum Gasteiger partial charge on any atom is 0.276 e. The van der Waals surface area contributed by atoms with Gasteiger partial charge in [0.1, 0.15) is 11.6 Å². The predicted molar refractivity (Wildman–Crippen MR) is 128 cm³/mol. The zero-order chi connectivity index (χ0) is 23.5. The van der Waals surface area contributed by atoms with Gasteiger partial charge in [0.25, 0.3) is 5.91 Å². The highest BCUT2D eigenvalue weighted by atomic mass is 19.1. The van der Waals surface area contributed by atoms with E-state index in [2.05, 4.69) is 42.9 Å². The van der Waals surface area contributed by atoms with E-state index in [0.717, 1.165) is 24.8 Å². The maximum atomic E-state index is 13.5. The molecular weight excluding hydrogens is 435 g/mol. The molecule has 9 nitrogen and oxygen atoms in total. The van der Waals surface area contributed by atoms with Crippen LogP contribution in [0.25, 0.3) is 5.65 Å². The summed E-state index contributed by atoms with van der Waals surface area (Å²) >= 11 is 0. The molecule has 4 heterocycles. The summed E-state index contributed by atoms with van der Waals surface area (Å²) in [6, 6.07) is 10.4. The number of hydrogen-bond donors (Lipinski definition) is 3. The molecule has 3 N–H and O–H groups in total. The number of aromatic nitrogens is 5. The fourth-order valence-electron chi connectivity index (χ4n) is 4.15. The minimum atomic E-state index is -0.677. The number of halogens is 1. The van der Waals surface area contributed by atoms with Gasteiger partial charge in [-0.15, -0.1) is 5.10 Å². The molecule has 1 aliphatic rings. The summed E-state index contributed by atoms with van der Waals surface area (Å²) in [6.07, 6.45) is 8.90. The Hall–Kier alpha value is -4.08. The third kappa shape index (κ3) is 4.80. The second-order valence-corrected chi connectivity index (χ2v) is 8.58. The van der Waals surface area contributed by atoms with Crippen LogP contribution in [0.1, 0.15) is 43.1 Å². The minimum Gasteiger partial charge on any atom is -0.366 e. The molecule has 174 valence electrons. The second kappa shape index (κ2) is 9.42. The highest BCUT2D eigenvalue weighted by molar-refractivity contribution is 6.03. The van der Waals surface area contributed by atoms with Crippen molar-refractivity contribution in [3.63, 3.8) is 0 Å². The third-order valence-corrected chi connectivity index (χ3v) is 5.98. The number of anilines is 4. The van der Waals surface area contributed by atoms with Gasteiger partial charge in [0.15, 0.2) is 11.3 Å². The van der Waals surface area contributed by atoms with Crippen LogP contribution >= 0.6 is 0 Å². The average Bonchev–Trinajstić information content (AvgIpc) is 3.26. The summed E-state index contributed by atoms with van der Waals surface area (Å²) in [5, 5.41) is 14.1. The third-order valence-electron chi connectivity index (χ3n) is 5.98. The molecule has 0 unspecified atom stereocenters. The normalized spacial score (nSPS) is 17.9. The van der Waals surface area contributed by atoms with Gasteiger partial charge in [-0.3, -0.25) is 4.79 Å². The summed E-state index contributed by atoms with van der Waals surface area (Å²) in [4.78, 5) is 25.3. The van der Waals surface area contributed by atoms with E-state index in [-0.39, 0.29) is 5.69 Å². The molecule has 0 saturated heterocycles. The van der Waals surface area contributed by atoms with Gasteiger partial charge in [0, 0.05) is 36.3 Å². The van der Waals surface area contributed by atoms with Crippen molar-refractivity contribution >= 4 is 34.6 Å². The largest absolute Gasteiger partial charge is 0.366 e. The zero-order valence-corrected chi connectivity index (χ0v) is 18.7. The Morgan fingerprint density at radius 1 is 1.03 bits per heavy atom. The highest BCUT2D eigenvalue weighted by Gasteiger charge is 2.21. The Balaban J connectivity index is 1.49. The Morgan fingerprint density at radius 2 is 1.88 bits per heavy atom. The summed E-state index contributed by atoms with van der Waals surface area (Å²) in [5.74, 6) is 0.876. The number of carbonyl (C=O) groups is 1. The quantitative estimate of drug-likeness (QED) is 0.360. The standard InChI is InChI=1S/C24H25FN8O/c1-15-5-7-16(8-6-15)29-22-13-18(31-21-4-2-3-10-27-21)23-28-14-19(33(23)32-22)24(34)30-17-9-11-26-20(25)12-17/h2-4,9-16H,5-8H2,1H3,(H,27,31)(H,29,32)(H,26,30,34). The van der Waals surface area contributed by atoms with Crippen molar-refractivity contribution in [3.05, 3.63) is 66.6 Å². The average molecular weight is 461 g/mol. The predicted octanol–water partition coefficient (Wildman–Crippen LogP) is 4.64. The van der Waals surface area contributed by atoms with Gasteiger partial charge < -0.3 is 16.0 Å². The van der Waals surface area contributed by atoms with E-state index in [1.807, 2.05) is 24.3 Å². The Bertz CT molecular complexity index is 1300. The fourth-order valence-corrected chi connectivity index (χ4v) is 4.15. The van der Waals surface area contributed by atoms with E-state index < -0.39 is 11.9 Å². The number of carbonyl (C=O) groups excluding carboxylic acids is 1. The van der Waals surface area contributed by atoms with E-state index in [4.69, 9.17) is 0 Å². The lowest BCUT2D eigenvalue weighted by Crippen LogP contribution is -2.26. The van der Waals surface area contributed by atoms with Crippen LogP contribution in [0.15, 0.2) is 55.0 Å². The van der Waals surface area contributed by atoms with Crippen LogP contribution in [-0.2, 0) is 0 Å². The summed E-state index contributed by atoms with van der Waals surface area (Å²) in [6.45, 7) is 2.28. The van der Waals surface area contributed by atoms with E-state index in [9.17, 15) is 9.18 Å². The Labute approximate surface area is 195 Å². The van der Waals surface area contributed by atoms with Crippen molar-refractivity contribution < 1.29 is 9.18 Å². The number of fused-ring (bicyclic) bond motifs is 1. The number of rotatable bonds is 6. The van der Waals surface area contributed by atoms with Crippen LogP contribution in [-0.4, -0.2) is 36.5 Å². The van der Waals surface area contributed by atoms with Crippen molar-refractivity contribution in [1.29, 1.82) is 0 Å². The monoisotopic (exact) mass is 460 g/mol. The van der Waals surface area contributed by atoms with Crippen molar-refractivity contribution in [2.45, 2.75) is 38.6 Å².